The fraction of sp³-hybridized carbons (Fsp3) is 0.0690. The van der Waals surface area contributed by atoms with Crippen LogP contribution in [-0.2, 0) is 9.53 Å². The molecule has 1 saturated heterocycles. The van der Waals surface area contributed by atoms with Crippen molar-refractivity contribution in [1.29, 1.82) is 0 Å². The van der Waals surface area contributed by atoms with Gasteiger partial charge in [-0.15, -0.1) is 0 Å². The molecule has 4 aromatic rings. The Bertz CT molecular complexity index is 1460. The number of esters is 1. The number of carbonyl (C=O) groups is 2. The van der Waals surface area contributed by atoms with Crippen LogP contribution in [-0.4, -0.2) is 23.7 Å². The third-order valence-electron chi connectivity index (χ3n) is 5.36. The summed E-state index contributed by atoms with van der Waals surface area (Å²) in [5, 5.41) is 0.567. The molecule has 7 heteroatoms. The molecule has 178 valence electrons. The molecule has 1 aliphatic heterocycles. The normalized spacial score (nSPS) is 15.6. The van der Waals surface area contributed by atoms with E-state index in [4.69, 9.17) is 14.1 Å². The Morgan fingerprint density at radius 2 is 1.72 bits per heavy atom. The number of amides is 1. The van der Waals surface area contributed by atoms with E-state index in [1.54, 1.807) is 42.2 Å². The smallest absolute Gasteiger partial charge is 0.338 e. The van der Waals surface area contributed by atoms with Gasteiger partial charge in [0.05, 0.1) is 28.5 Å². The summed E-state index contributed by atoms with van der Waals surface area (Å²) < 4.78 is 11.1. The molecule has 1 amide bonds. The van der Waals surface area contributed by atoms with Crippen LogP contribution in [0.15, 0.2) is 111 Å². The Kier molecular flexibility index (Phi) is 6.82. The molecule has 1 aliphatic rings. The largest absolute Gasteiger partial charge is 0.462 e. The van der Waals surface area contributed by atoms with Crippen LogP contribution in [0.25, 0.3) is 17.4 Å². The quantitative estimate of drug-likeness (QED) is 0.215. The third kappa shape index (κ3) is 5.01. The second-order valence-electron chi connectivity index (χ2n) is 7.82. The SMILES string of the molecule is CCOC(=O)c1cccc(-c2ccc(/C=C3/SC(=Nc4ccccc4)N(c4ccccc4)C3=O)o2)c1. The molecule has 0 unspecified atom stereocenters. The lowest BCUT2D eigenvalue weighted by Crippen LogP contribution is -2.28. The first-order valence-electron chi connectivity index (χ1n) is 11.4. The van der Waals surface area contributed by atoms with E-state index in [1.165, 1.54) is 11.8 Å². The molecule has 1 aromatic heterocycles. The molecule has 6 nitrogen and oxygen atoms in total. The molecule has 0 aliphatic carbocycles. The summed E-state index contributed by atoms with van der Waals surface area (Å²) in [5.74, 6) is 0.550. The van der Waals surface area contributed by atoms with Crippen LogP contribution in [0.2, 0.25) is 0 Å². The van der Waals surface area contributed by atoms with Crippen LogP contribution >= 0.6 is 11.8 Å². The number of nitrogens with zero attached hydrogens (tertiary/aromatic N) is 2. The number of rotatable bonds is 6. The van der Waals surface area contributed by atoms with Gasteiger partial charge in [0.2, 0.25) is 0 Å². The van der Waals surface area contributed by atoms with Crippen LogP contribution in [0.5, 0.6) is 0 Å². The topological polar surface area (TPSA) is 72.1 Å². The van der Waals surface area contributed by atoms with Crippen molar-refractivity contribution in [3.8, 4) is 11.3 Å². The minimum absolute atomic E-state index is 0.178. The van der Waals surface area contributed by atoms with E-state index in [0.29, 0.717) is 33.8 Å². The van der Waals surface area contributed by atoms with Gasteiger partial charge in [-0.3, -0.25) is 9.69 Å². The van der Waals surface area contributed by atoms with Gasteiger partial charge in [0.1, 0.15) is 11.5 Å². The summed E-state index contributed by atoms with van der Waals surface area (Å²) in [4.78, 5) is 32.3. The number of anilines is 1. The van der Waals surface area contributed by atoms with E-state index in [9.17, 15) is 9.59 Å². The van der Waals surface area contributed by atoms with Gasteiger partial charge in [-0.1, -0.05) is 48.5 Å². The first-order chi connectivity index (χ1) is 17.6. The first-order valence-corrected chi connectivity index (χ1v) is 12.2. The predicted octanol–water partition coefficient (Wildman–Crippen LogP) is 6.93. The zero-order valence-corrected chi connectivity index (χ0v) is 20.3. The van der Waals surface area contributed by atoms with Crippen molar-refractivity contribution in [3.05, 3.63) is 113 Å². The number of hydrogen-bond acceptors (Lipinski definition) is 6. The molecule has 0 saturated carbocycles. The number of furan rings is 1. The molecule has 36 heavy (non-hydrogen) atoms. The van der Waals surface area contributed by atoms with E-state index >= 15 is 0 Å². The number of aliphatic imine (C=N–C) groups is 1. The fourth-order valence-electron chi connectivity index (χ4n) is 3.70. The number of ether oxygens (including phenoxy) is 1. The highest BCUT2D eigenvalue weighted by molar-refractivity contribution is 8.19. The molecule has 0 atom stereocenters. The van der Waals surface area contributed by atoms with Crippen LogP contribution in [0.4, 0.5) is 11.4 Å². The average molecular weight is 495 g/mol. The maximum absolute atomic E-state index is 13.4. The fourth-order valence-corrected chi connectivity index (χ4v) is 4.68. The third-order valence-corrected chi connectivity index (χ3v) is 6.33. The van der Waals surface area contributed by atoms with Gasteiger partial charge in [0.25, 0.3) is 5.91 Å². The van der Waals surface area contributed by atoms with E-state index in [1.807, 2.05) is 72.8 Å². The molecular weight excluding hydrogens is 472 g/mol. The minimum Gasteiger partial charge on any atom is -0.462 e. The van der Waals surface area contributed by atoms with Crippen LogP contribution in [0, 0.1) is 0 Å². The standard InChI is InChI=1S/C29H22N2O4S/c1-2-34-28(33)21-11-9-10-20(18-21)25-17-16-24(35-25)19-26-27(32)31(23-14-7-4-8-15-23)29(36-26)30-22-12-5-3-6-13-22/h3-19H,2H2,1H3/b26-19+,30-29?. The minimum atomic E-state index is -0.382. The molecule has 0 spiro atoms. The second kappa shape index (κ2) is 10.5. The maximum Gasteiger partial charge on any atom is 0.338 e. The van der Waals surface area contributed by atoms with Crippen molar-refractivity contribution in [1.82, 2.24) is 0 Å². The lowest BCUT2D eigenvalue weighted by Gasteiger charge is -2.15. The zero-order chi connectivity index (χ0) is 24.9. The number of benzene rings is 3. The number of thioether (sulfide) groups is 1. The molecule has 2 heterocycles. The highest BCUT2D eigenvalue weighted by atomic mass is 32.2. The van der Waals surface area contributed by atoms with Gasteiger partial charge in [0, 0.05) is 11.6 Å². The summed E-state index contributed by atoms with van der Waals surface area (Å²) in [7, 11) is 0. The summed E-state index contributed by atoms with van der Waals surface area (Å²) in [6.07, 6.45) is 1.72. The van der Waals surface area contributed by atoms with Crippen molar-refractivity contribution in [2.24, 2.45) is 4.99 Å². The first kappa shape index (κ1) is 23.4. The van der Waals surface area contributed by atoms with Crippen LogP contribution in [0.3, 0.4) is 0 Å². The van der Waals surface area contributed by atoms with E-state index in [0.717, 1.165) is 16.9 Å². The van der Waals surface area contributed by atoms with Crippen molar-refractivity contribution < 1.29 is 18.7 Å². The number of hydrogen-bond donors (Lipinski definition) is 0. The van der Waals surface area contributed by atoms with Gasteiger partial charge < -0.3 is 9.15 Å². The lowest BCUT2D eigenvalue weighted by molar-refractivity contribution is -0.113. The van der Waals surface area contributed by atoms with Gasteiger partial charge in [-0.05, 0) is 67.2 Å². The molecular formula is C29H22N2O4S. The second-order valence-corrected chi connectivity index (χ2v) is 8.83. The highest BCUT2D eigenvalue weighted by Gasteiger charge is 2.35. The van der Waals surface area contributed by atoms with Gasteiger partial charge in [-0.25, -0.2) is 9.79 Å². The van der Waals surface area contributed by atoms with Gasteiger partial charge in [0.15, 0.2) is 5.17 Å². The van der Waals surface area contributed by atoms with Crippen LogP contribution < -0.4 is 4.90 Å². The summed E-state index contributed by atoms with van der Waals surface area (Å²) in [5.41, 5.74) is 2.70. The molecule has 1 fully saturated rings. The van der Waals surface area contributed by atoms with E-state index < -0.39 is 0 Å². The number of para-hydroxylation sites is 2. The molecule has 3 aromatic carbocycles. The Hall–Kier alpha value is -4.36. The summed E-state index contributed by atoms with van der Waals surface area (Å²) in [6, 6.07) is 29.6. The van der Waals surface area contributed by atoms with Crippen molar-refractivity contribution in [2.45, 2.75) is 6.92 Å². The van der Waals surface area contributed by atoms with Crippen molar-refractivity contribution >= 4 is 46.3 Å². The predicted molar refractivity (Wildman–Crippen MR) is 143 cm³/mol. The van der Waals surface area contributed by atoms with Crippen LogP contribution in [0.1, 0.15) is 23.0 Å². The van der Waals surface area contributed by atoms with Crippen molar-refractivity contribution in [3.63, 3.8) is 0 Å². The summed E-state index contributed by atoms with van der Waals surface area (Å²) >= 11 is 1.29. The number of carbonyl (C=O) groups excluding carboxylic acids is 2. The Morgan fingerprint density at radius 3 is 2.47 bits per heavy atom. The monoisotopic (exact) mass is 494 g/mol. The maximum atomic E-state index is 13.4. The molecule has 0 radical (unpaired) electrons. The van der Waals surface area contributed by atoms with E-state index in [2.05, 4.69) is 0 Å². The Balaban J connectivity index is 1.46. The molecule has 0 N–H and O–H groups in total. The highest BCUT2D eigenvalue weighted by Crippen LogP contribution is 2.37. The molecule has 0 bridgehead atoms. The summed E-state index contributed by atoms with van der Waals surface area (Å²) in [6.45, 7) is 2.08. The van der Waals surface area contributed by atoms with Gasteiger partial charge in [-0.2, -0.15) is 0 Å². The van der Waals surface area contributed by atoms with E-state index in [-0.39, 0.29) is 11.9 Å². The molecule has 5 rings (SSSR count). The van der Waals surface area contributed by atoms with Crippen molar-refractivity contribution in [2.75, 3.05) is 11.5 Å². The zero-order valence-electron chi connectivity index (χ0n) is 19.5. The Morgan fingerprint density at radius 1 is 0.972 bits per heavy atom. The Labute approximate surface area is 212 Å². The number of amidine groups is 1. The lowest BCUT2D eigenvalue weighted by atomic mass is 10.1. The van der Waals surface area contributed by atoms with Gasteiger partial charge >= 0.3 is 5.97 Å². The average Bonchev–Trinajstić information content (AvgIpc) is 3.50.